The highest BCUT2D eigenvalue weighted by molar-refractivity contribution is 7.99. The predicted octanol–water partition coefficient (Wildman–Crippen LogP) is 1.32. The minimum absolute atomic E-state index is 0.178. The molecule has 0 aliphatic rings. The third-order valence-electron chi connectivity index (χ3n) is 1.79. The van der Waals surface area contributed by atoms with Crippen LogP contribution in [0.1, 0.15) is 19.8 Å². The first-order chi connectivity index (χ1) is 7.79. The molecule has 90 valence electrons. The summed E-state index contributed by atoms with van der Waals surface area (Å²) in [4.78, 5) is 8.07. The van der Waals surface area contributed by atoms with Gasteiger partial charge in [-0.15, -0.1) is 11.8 Å². The molecule has 0 aliphatic heterocycles. The van der Waals surface area contributed by atoms with Crippen molar-refractivity contribution in [1.82, 2.24) is 9.97 Å². The predicted molar refractivity (Wildman–Crippen MR) is 64.7 cm³/mol. The van der Waals surface area contributed by atoms with E-state index in [-0.39, 0.29) is 6.61 Å². The van der Waals surface area contributed by atoms with Crippen LogP contribution >= 0.6 is 11.8 Å². The zero-order chi connectivity index (χ0) is 11.8. The number of rotatable bonds is 7. The number of aliphatic hydroxyl groups excluding tert-OH is 1. The number of ether oxygens (including phenoxy) is 1. The summed E-state index contributed by atoms with van der Waals surface area (Å²) in [6.07, 6.45) is 3.08. The van der Waals surface area contributed by atoms with Gasteiger partial charge in [-0.3, -0.25) is 0 Å². The molecular weight excluding hydrogens is 226 g/mol. The van der Waals surface area contributed by atoms with Crippen molar-refractivity contribution in [2.75, 3.05) is 24.7 Å². The quantitative estimate of drug-likeness (QED) is 0.427. The summed E-state index contributed by atoms with van der Waals surface area (Å²) in [7, 11) is 0. The van der Waals surface area contributed by atoms with E-state index < -0.39 is 0 Å². The van der Waals surface area contributed by atoms with Gasteiger partial charge >= 0.3 is 0 Å². The first-order valence-electron chi connectivity index (χ1n) is 5.26. The molecule has 0 radical (unpaired) electrons. The average molecular weight is 243 g/mol. The Morgan fingerprint density at radius 1 is 1.50 bits per heavy atom. The molecule has 5 nitrogen and oxygen atoms in total. The van der Waals surface area contributed by atoms with E-state index in [1.807, 2.05) is 6.92 Å². The second kappa shape index (κ2) is 7.29. The van der Waals surface area contributed by atoms with E-state index in [2.05, 4.69) is 9.97 Å². The van der Waals surface area contributed by atoms with Crippen molar-refractivity contribution in [3.05, 3.63) is 6.33 Å². The molecule has 1 aromatic heterocycles. The largest absolute Gasteiger partial charge is 0.476 e. The average Bonchev–Trinajstić information content (AvgIpc) is 2.30. The molecule has 0 fully saturated rings. The van der Waals surface area contributed by atoms with Crippen LogP contribution in [0.4, 0.5) is 5.69 Å². The fourth-order valence-corrected chi connectivity index (χ4v) is 1.86. The Morgan fingerprint density at radius 3 is 3.00 bits per heavy atom. The van der Waals surface area contributed by atoms with Gasteiger partial charge in [-0.25, -0.2) is 4.98 Å². The Morgan fingerprint density at radius 2 is 2.31 bits per heavy atom. The van der Waals surface area contributed by atoms with Gasteiger partial charge in [0.15, 0.2) is 0 Å². The van der Waals surface area contributed by atoms with Crippen LogP contribution in [0.3, 0.4) is 0 Å². The van der Waals surface area contributed by atoms with E-state index >= 15 is 0 Å². The third-order valence-corrected chi connectivity index (χ3v) is 2.89. The lowest BCUT2D eigenvalue weighted by Gasteiger charge is -2.08. The van der Waals surface area contributed by atoms with E-state index in [4.69, 9.17) is 15.6 Å². The molecule has 1 aromatic rings. The number of hydrogen-bond donors (Lipinski definition) is 2. The Kier molecular flexibility index (Phi) is 5.95. The molecule has 0 saturated carbocycles. The molecule has 1 rings (SSSR count). The molecule has 0 spiro atoms. The van der Waals surface area contributed by atoms with E-state index in [9.17, 15) is 0 Å². The summed E-state index contributed by atoms with van der Waals surface area (Å²) in [5.41, 5.74) is 6.36. The number of aliphatic hydroxyl groups is 1. The minimum Gasteiger partial charge on any atom is -0.476 e. The van der Waals surface area contributed by atoms with E-state index in [1.54, 1.807) is 0 Å². The number of thioether (sulfide) groups is 1. The van der Waals surface area contributed by atoms with Gasteiger partial charge in [-0.2, -0.15) is 4.98 Å². The van der Waals surface area contributed by atoms with Gasteiger partial charge in [0.25, 0.3) is 0 Å². The highest BCUT2D eigenvalue weighted by Gasteiger charge is 2.09. The minimum atomic E-state index is 0.178. The standard InChI is InChI=1S/C10H17N3O2S/c1-2-5-15-9-8(11)10(13-7-12-9)16-6-3-4-14/h7,14H,2-6,11H2,1H3. The Labute approximate surface area is 99.4 Å². The Bertz CT molecular complexity index is 323. The Balaban J connectivity index is 2.62. The number of nitrogens with two attached hydrogens (primary N) is 1. The van der Waals surface area contributed by atoms with Gasteiger partial charge in [0.05, 0.1) is 6.61 Å². The number of aromatic nitrogens is 2. The van der Waals surface area contributed by atoms with Crippen LogP contribution in [0.2, 0.25) is 0 Å². The topological polar surface area (TPSA) is 81.3 Å². The van der Waals surface area contributed by atoms with Crippen LogP contribution < -0.4 is 10.5 Å². The molecule has 6 heteroatoms. The normalized spacial score (nSPS) is 10.4. The van der Waals surface area contributed by atoms with Gasteiger partial charge in [0, 0.05) is 12.4 Å². The highest BCUT2D eigenvalue weighted by atomic mass is 32.2. The van der Waals surface area contributed by atoms with Crippen molar-refractivity contribution in [2.45, 2.75) is 24.8 Å². The summed E-state index contributed by atoms with van der Waals surface area (Å²) in [6, 6.07) is 0. The second-order valence-corrected chi connectivity index (χ2v) is 4.26. The third kappa shape index (κ3) is 3.86. The molecule has 0 aliphatic carbocycles. The van der Waals surface area contributed by atoms with E-state index in [0.717, 1.165) is 23.6 Å². The van der Waals surface area contributed by atoms with Gasteiger partial charge in [0.1, 0.15) is 17.0 Å². The molecule has 0 amide bonds. The maximum absolute atomic E-state index is 8.68. The smallest absolute Gasteiger partial charge is 0.241 e. The molecule has 16 heavy (non-hydrogen) atoms. The molecule has 0 aromatic carbocycles. The van der Waals surface area contributed by atoms with Crippen LogP contribution in [0.5, 0.6) is 5.88 Å². The lowest BCUT2D eigenvalue weighted by Crippen LogP contribution is -2.03. The summed E-state index contributed by atoms with van der Waals surface area (Å²) in [6.45, 7) is 2.80. The lowest BCUT2D eigenvalue weighted by molar-refractivity contribution is 0.296. The molecule has 0 saturated heterocycles. The number of anilines is 1. The molecule has 3 N–H and O–H groups in total. The van der Waals surface area contributed by atoms with E-state index in [1.165, 1.54) is 18.1 Å². The monoisotopic (exact) mass is 243 g/mol. The van der Waals surface area contributed by atoms with Crippen molar-refractivity contribution < 1.29 is 9.84 Å². The Hall–Kier alpha value is -1.01. The van der Waals surface area contributed by atoms with Crippen LogP contribution in [0, 0.1) is 0 Å². The first-order valence-corrected chi connectivity index (χ1v) is 6.25. The van der Waals surface area contributed by atoms with Crippen molar-refractivity contribution in [1.29, 1.82) is 0 Å². The molecule has 0 unspecified atom stereocenters. The molecule has 0 atom stereocenters. The highest BCUT2D eigenvalue weighted by Crippen LogP contribution is 2.28. The van der Waals surface area contributed by atoms with Crippen molar-refractivity contribution in [3.8, 4) is 5.88 Å². The molecular formula is C10H17N3O2S. The maximum atomic E-state index is 8.68. The number of hydrogen-bond acceptors (Lipinski definition) is 6. The summed E-state index contributed by atoms with van der Waals surface area (Å²) in [5, 5.41) is 9.40. The van der Waals surface area contributed by atoms with E-state index in [0.29, 0.717) is 18.2 Å². The zero-order valence-corrected chi connectivity index (χ0v) is 10.2. The summed E-state index contributed by atoms with van der Waals surface area (Å²) in [5.74, 6) is 1.23. The van der Waals surface area contributed by atoms with Gasteiger partial charge < -0.3 is 15.6 Å². The number of nitrogen functional groups attached to an aromatic ring is 1. The fraction of sp³-hybridized carbons (Fsp3) is 0.600. The summed E-state index contributed by atoms with van der Waals surface area (Å²) < 4.78 is 5.39. The SMILES string of the molecule is CCCOc1ncnc(SCCCO)c1N. The van der Waals surface area contributed by atoms with Crippen molar-refractivity contribution in [2.24, 2.45) is 0 Å². The van der Waals surface area contributed by atoms with Crippen molar-refractivity contribution >= 4 is 17.4 Å². The van der Waals surface area contributed by atoms with Gasteiger partial charge in [-0.05, 0) is 12.8 Å². The molecule has 0 bridgehead atoms. The fourth-order valence-electron chi connectivity index (χ4n) is 1.03. The first kappa shape index (κ1) is 13.1. The molecule has 1 heterocycles. The van der Waals surface area contributed by atoms with Crippen LogP contribution in [-0.4, -0.2) is 34.0 Å². The summed E-state index contributed by atoms with van der Waals surface area (Å²) >= 11 is 1.50. The van der Waals surface area contributed by atoms with Gasteiger partial charge in [-0.1, -0.05) is 6.92 Å². The van der Waals surface area contributed by atoms with Crippen LogP contribution in [0.15, 0.2) is 11.4 Å². The van der Waals surface area contributed by atoms with Crippen molar-refractivity contribution in [3.63, 3.8) is 0 Å². The maximum Gasteiger partial charge on any atom is 0.241 e. The van der Waals surface area contributed by atoms with Gasteiger partial charge in [0.2, 0.25) is 5.88 Å². The van der Waals surface area contributed by atoms with Crippen LogP contribution in [-0.2, 0) is 0 Å². The second-order valence-electron chi connectivity index (χ2n) is 3.17. The zero-order valence-electron chi connectivity index (χ0n) is 9.35. The van der Waals surface area contributed by atoms with Crippen LogP contribution in [0.25, 0.3) is 0 Å². The lowest BCUT2D eigenvalue weighted by atomic mass is 10.5. The number of nitrogens with zero attached hydrogens (tertiary/aromatic N) is 2.